The first-order valence-electron chi connectivity index (χ1n) is 22.4. The van der Waals surface area contributed by atoms with E-state index in [0.29, 0.717) is 12.8 Å². The second kappa shape index (κ2) is 39.8. The number of esters is 1. The van der Waals surface area contributed by atoms with E-state index in [0.717, 1.165) is 70.6 Å². The van der Waals surface area contributed by atoms with E-state index in [2.05, 4.69) is 43.5 Å². The molecule has 0 aromatic rings. The number of aliphatic hydroxyl groups excluding tert-OH is 1. The van der Waals surface area contributed by atoms with E-state index in [9.17, 15) is 34.1 Å². The number of phosphoric ester groups is 1. The molecule has 12 heteroatoms. The maximum atomic E-state index is 12.3. The van der Waals surface area contributed by atoms with Crippen LogP contribution < -0.4 is 5.32 Å². The molecule has 0 aliphatic rings. The summed E-state index contributed by atoms with van der Waals surface area (Å²) in [7, 11) is -4.76. The zero-order chi connectivity index (χ0) is 41.4. The third-order valence-corrected chi connectivity index (χ3v) is 10.7. The molecule has 1 amide bonds. The predicted octanol–water partition coefficient (Wildman–Crippen LogP) is 11.4. The lowest BCUT2D eigenvalue weighted by atomic mass is 10.1. The summed E-state index contributed by atoms with van der Waals surface area (Å²) in [4.78, 5) is 45.9. The van der Waals surface area contributed by atoms with Crippen molar-refractivity contribution in [2.24, 2.45) is 0 Å². The lowest BCUT2D eigenvalue weighted by Crippen LogP contribution is -2.43. The van der Waals surface area contributed by atoms with Crippen LogP contribution in [0.25, 0.3) is 0 Å². The molecule has 0 aromatic carbocycles. The molecule has 0 saturated carbocycles. The Bertz CT molecular complexity index is 1050. The quantitative estimate of drug-likeness (QED) is 0.0201. The van der Waals surface area contributed by atoms with Crippen LogP contribution in [0.15, 0.2) is 24.3 Å². The molecule has 0 radical (unpaired) electrons. The number of aliphatic hydroxyl groups is 1. The van der Waals surface area contributed by atoms with Gasteiger partial charge in [-0.3, -0.25) is 18.6 Å². The summed E-state index contributed by atoms with van der Waals surface area (Å²) < 4.78 is 26.8. The maximum absolute atomic E-state index is 12.3. The highest BCUT2D eigenvalue weighted by atomic mass is 31.2. The van der Waals surface area contributed by atoms with Crippen LogP contribution in [0.1, 0.15) is 206 Å². The van der Waals surface area contributed by atoms with Gasteiger partial charge in [-0.15, -0.1) is 0 Å². The van der Waals surface area contributed by atoms with E-state index in [-0.39, 0.29) is 12.8 Å². The third kappa shape index (κ3) is 38.8. The average Bonchev–Trinajstić information content (AvgIpc) is 3.17. The van der Waals surface area contributed by atoms with Gasteiger partial charge in [0.25, 0.3) is 0 Å². The van der Waals surface area contributed by atoms with Crippen molar-refractivity contribution in [3.8, 4) is 0 Å². The van der Waals surface area contributed by atoms with Gasteiger partial charge in [0, 0.05) is 12.8 Å². The molecule has 4 N–H and O–H groups in total. The molecule has 0 saturated heterocycles. The van der Waals surface area contributed by atoms with Crippen molar-refractivity contribution < 1.29 is 47.8 Å². The smallest absolute Gasteiger partial charge is 0.472 e. The molecule has 0 aromatic heterocycles. The maximum Gasteiger partial charge on any atom is 0.472 e. The van der Waals surface area contributed by atoms with Crippen LogP contribution in [-0.2, 0) is 32.7 Å². The van der Waals surface area contributed by atoms with Crippen LogP contribution in [-0.4, -0.2) is 64.9 Å². The Morgan fingerprint density at radius 1 is 0.554 bits per heavy atom. The van der Waals surface area contributed by atoms with E-state index >= 15 is 0 Å². The Balaban J connectivity index is 3.90. The monoisotopic (exact) mass is 816 g/mol. The van der Waals surface area contributed by atoms with Crippen molar-refractivity contribution in [1.82, 2.24) is 5.32 Å². The van der Waals surface area contributed by atoms with E-state index in [4.69, 9.17) is 13.8 Å². The number of carboxylic acids is 1. The molecule has 0 fully saturated rings. The van der Waals surface area contributed by atoms with E-state index in [1.807, 2.05) is 0 Å². The Hall–Kier alpha value is -2.04. The fourth-order valence-corrected chi connectivity index (χ4v) is 6.96. The van der Waals surface area contributed by atoms with Crippen molar-refractivity contribution in [3.05, 3.63) is 24.3 Å². The minimum absolute atomic E-state index is 0.142. The minimum atomic E-state index is -4.76. The van der Waals surface area contributed by atoms with Gasteiger partial charge in [-0.1, -0.05) is 154 Å². The summed E-state index contributed by atoms with van der Waals surface area (Å²) in [5.74, 6) is -2.38. The van der Waals surface area contributed by atoms with E-state index in [1.165, 1.54) is 96.3 Å². The minimum Gasteiger partial charge on any atom is -0.480 e. The van der Waals surface area contributed by atoms with Gasteiger partial charge in [0.15, 0.2) is 6.04 Å². The largest absolute Gasteiger partial charge is 0.480 e. The van der Waals surface area contributed by atoms with Crippen LogP contribution >= 0.6 is 7.82 Å². The average molecular weight is 816 g/mol. The number of allylic oxidation sites excluding steroid dienone is 4. The number of aliphatic carboxylic acids is 1. The van der Waals surface area contributed by atoms with Crippen LogP contribution in [0.5, 0.6) is 0 Å². The third-order valence-electron chi connectivity index (χ3n) is 9.71. The van der Waals surface area contributed by atoms with Gasteiger partial charge < -0.3 is 25.2 Å². The van der Waals surface area contributed by atoms with Crippen molar-refractivity contribution in [2.45, 2.75) is 219 Å². The number of hydrogen-bond donors (Lipinski definition) is 4. The zero-order valence-electron chi connectivity index (χ0n) is 35.4. The lowest BCUT2D eigenvalue weighted by Gasteiger charge is -2.18. The number of rotatable bonds is 42. The fourth-order valence-electron chi connectivity index (χ4n) is 6.19. The molecular weight excluding hydrogens is 733 g/mol. The second-order valence-electron chi connectivity index (χ2n) is 15.2. The number of carboxylic acid groups (broad SMARTS) is 1. The Morgan fingerprint density at radius 2 is 0.929 bits per heavy atom. The molecule has 3 atom stereocenters. The molecule has 0 spiro atoms. The molecule has 11 nitrogen and oxygen atoms in total. The summed E-state index contributed by atoms with van der Waals surface area (Å²) >= 11 is 0. The summed E-state index contributed by atoms with van der Waals surface area (Å²) in [6.07, 6.45) is 40.5. The Labute approximate surface area is 340 Å². The number of carbonyl (C=O) groups excluding carboxylic acids is 2. The molecule has 0 aliphatic heterocycles. The summed E-state index contributed by atoms with van der Waals surface area (Å²) in [5, 5.41) is 21.8. The molecule has 328 valence electrons. The predicted molar refractivity (Wildman–Crippen MR) is 226 cm³/mol. The Morgan fingerprint density at radius 3 is 1.36 bits per heavy atom. The van der Waals surface area contributed by atoms with Crippen LogP contribution in [0.2, 0.25) is 0 Å². The Kier molecular flexibility index (Phi) is 38.3. The van der Waals surface area contributed by atoms with Crippen LogP contribution in [0.3, 0.4) is 0 Å². The highest BCUT2D eigenvalue weighted by Gasteiger charge is 2.28. The SMILES string of the molecule is CCCCCCC/C=C\CCCCCCCC(=O)OCC(O)COP(=O)(O)OCC(NC(=O)CCCCCCCCC/C=C\CCCCCCCCC)C(=O)O. The number of hydrogen-bond acceptors (Lipinski definition) is 8. The van der Waals surface area contributed by atoms with Crippen molar-refractivity contribution in [1.29, 1.82) is 0 Å². The fraction of sp³-hybridized carbons (Fsp3) is 0.841. The number of ether oxygens (including phenoxy) is 1. The molecule has 3 unspecified atom stereocenters. The topological polar surface area (TPSA) is 169 Å². The molecular formula is C44H82NO10P. The highest BCUT2D eigenvalue weighted by Crippen LogP contribution is 2.43. The first-order valence-corrected chi connectivity index (χ1v) is 23.9. The molecule has 0 aliphatic carbocycles. The van der Waals surface area contributed by atoms with Gasteiger partial charge in [0.05, 0.1) is 13.2 Å². The molecule has 0 bridgehead atoms. The molecule has 0 heterocycles. The van der Waals surface area contributed by atoms with Gasteiger partial charge >= 0.3 is 19.8 Å². The normalized spacial score (nSPS) is 13.9. The van der Waals surface area contributed by atoms with Gasteiger partial charge in [0.1, 0.15) is 12.7 Å². The molecule has 56 heavy (non-hydrogen) atoms. The summed E-state index contributed by atoms with van der Waals surface area (Å²) in [6.45, 7) is 2.58. The summed E-state index contributed by atoms with van der Waals surface area (Å²) in [6, 6.07) is -1.55. The van der Waals surface area contributed by atoms with Crippen LogP contribution in [0, 0.1) is 0 Å². The first kappa shape index (κ1) is 54.0. The number of unbranched alkanes of at least 4 members (excludes halogenated alkanes) is 24. The standard InChI is InChI=1S/C44H82NO10P/c1-3-5-7-9-11-13-15-17-19-20-21-22-23-25-27-29-31-33-35-42(47)45-41(44(49)50)39-55-56(51,52)54-38-40(46)37-53-43(48)36-34-32-30-28-26-24-18-16-14-12-10-8-6-4-2/h16,18-20,40-41,46H,3-15,17,21-39H2,1-2H3,(H,45,47)(H,49,50)(H,51,52)/b18-16-,20-19-. The second-order valence-corrected chi connectivity index (χ2v) is 16.7. The molecule has 0 rings (SSSR count). The van der Waals surface area contributed by atoms with Gasteiger partial charge in [0.2, 0.25) is 5.91 Å². The van der Waals surface area contributed by atoms with Crippen molar-refractivity contribution in [3.63, 3.8) is 0 Å². The van der Waals surface area contributed by atoms with Gasteiger partial charge in [-0.2, -0.15) is 0 Å². The van der Waals surface area contributed by atoms with Crippen LogP contribution in [0.4, 0.5) is 0 Å². The van der Waals surface area contributed by atoms with Gasteiger partial charge in [-0.25, -0.2) is 9.36 Å². The first-order chi connectivity index (χ1) is 27.1. The highest BCUT2D eigenvalue weighted by molar-refractivity contribution is 7.47. The lowest BCUT2D eigenvalue weighted by molar-refractivity contribution is -0.147. The van der Waals surface area contributed by atoms with Crippen molar-refractivity contribution in [2.75, 3.05) is 19.8 Å². The zero-order valence-corrected chi connectivity index (χ0v) is 36.3. The number of phosphoric acid groups is 1. The summed E-state index contributed by atoms with van der Waals surface area (Å²) in [5.41, 5.74) is 0. The van der Waals surface area contributed by atoms with E-state index in [1.54, 1.807) is 0 Å². The number of amides is 1. The number of carbonyl (C=O) groups is 3. The van der Waals surface area contributed by atoms with Crippen molar-refractivity contribution >= 4 is 25.7 Å². The number of nitrogens with one attached hydrogen (secondary N) is 1. The van der Waals surface area contributed by atoms with Gasteiger partial charge in [-0.05, 0) is 64.2 Å². The van der Waals surface area contributed by atoms with E-state index < -0.39 is 57.6 Å².